The number of carbonyl (C=O) groups is 3. The molecule has 1 spiro atoms. The topological polar surface area (TPSA) is 83.6 Å². The van der Waals surface area contributed by atoms with Gasteiger partial charge in [0.05, 0.1) is 0 Å². The summed E-state index contributed by atoms with van der Waals surface area (Å²) < 4.78 is 11.5. The van der Waals surface area contributed by atoms with Crippen LogP contribution in [0.5, 0.6) is 0 Å². The normalized spacial score (nSPS) is 25.4. The van der Waals surface area contributed by atoms with E-state index in [-0.39, 0.29) is 11.8 Å². The van der Waals surface area contributed by atoms with Crippen molar-refractivity contribution < 1.29 is 18.6 Å². The summed E-state index contributed by atoms with van der Waals surface area (Å²) in [6.45, 7) is 1.82. The molecule has 0 aromatic rings. The summed E-state index contributed by atoms with van der Waals surface area (Å²) in [6, 6.07) is -0.683. The van der Waals surface area contributed by atoms with Crippen LogP contribution >= 0.6 is 0 Å². The van der Waals surface area contributed by atoms with Gasteiger partial charge in [-0.15, -0.1) is 0 Å². The Morgan fingerprint density at radius 1 is 1.19 bits per heavy atom. The number of rotatable bonds is 3. The molecular formula is C14H22N2O4S. The van der Waals surface area contributed by atoms with Crippen LogP contribution in [0.2, 0.25) is 0 Å². The highest BCUT2D eigenvalue weighted by Crippen LogP contribution is 2.39. The van der Waals surface area contributed by atoms with Gasteiger partial charge in [0.15, 0.2) is 0 Å². The maximum Gasteiger partial charge on any atom is 0.330 e. The highest BCUT2D eigenvalue weighted by atomic mass is 32.2. The second kappa shape index (κ2) is 6.25. The second-order valence-corrected chi connectivity index (χ2v) is 7.78. The Balaban J connectivity index is 2.26. The van der Waals surface area contributed by atoms with Gasteiger partial charge in [-0.1, -0.05) is 25.7 Å². The molecule has 0 aromatic heterocycles. The molecule has 2 rings (SSSR count). The van der Waals surface area contributed by atoms with Crippen molar-refractivity contribution >= 4 is 28.6 Å². The largest absolute Gasteiger partial charge is 0.330 e. The molecule has 118 valence electrons. The minimum atomic E-state index is -1.13. The predicted molar refractivity (Wildman–Crippen MR) is 78.9 cm³/mol. The van der Waals surface area contributed by atoms with Crippen LogP contribution in [-0.4, -0.2) is 45.0 Å². The summed E-state index contributed by atoms with van der Waals surface area (Å²) in [5.41, 5.74) is -1.10. The van der Waals surface area contributed by atoms with E-state index < -0.39 is 34.1 Å². The van der Waals surface area contributed by atoms with E-state index in [1.807, 2.05) is 0 Å². The summed E-state index contributed by atoms with van der Waals surface area (Å²) in [5.74, 6) is -0.864. The van der Waals surface area contributed by atoms with Crippen LogP contribution in [0.15, 0.2) is 0 Å². The molecular weight excluding hydrogens is 292 g/mol. The summed E-state index contributed by atoms with van der Waals surface area (Å²) in [6.07, 6.45) is 6.17. The van der Waals surface area contributed by atoms with E-state index in [9.17, 15) is 18.6 Å². The molecule has 1 N–H and O–H groups in total. The summed E-state index contributed by atoms with van der Waals surface area (Å²) in [5, 5.41) is 2.01. The fourth-order valence-corrected chi connectivity index (χ4v) is 3.39. The van der Waals surface area contributed by atoms with Gasteiger partial charge < -0.3 is 0 Å². The Kier molecular flexibility index (Phi) is 4.81. The minimum Gasteiger partial charge on any atom is -0.277 e. The van der Waals surface area contributed by atoms with Crippen molar-refractivity contribution in [1.82, 2.24) is 10.2 Å². The minimum absolute atomic E-state index is 0.0861. The van der Waals surface area contributed by atoms with E-state index >= 15 is 0 Å². The van der Waals surface area contributed by atoms with Crippen molar-refractivity contribution in [1.29, 1.82) is 0 Å². The number of urea groups is 1. The van der Waals surface area contributed by atoms with E-state index in [0.717, 1.165) is 30.6 Å². The first kappa shape index (κ1) is 16.1. The quantitative estimate of drug-likeness (QED) is 0.793. The zero-order valence-corrected chi connectivity index (χ0v) is 13.3. The standard InChI is InChI=1S/C14H22N2O4S/c1-10(21(2)20)9-16-12(18)14(11(17)15-13(16)19)7-5-3-4-6-8-14/h10H,3-9H2,1-2H3,(H,15,17,19). The van der Waals surface area contributed by atoms with Gasteiger partial charge in [-0.25, -0.2) is 4.79 Å². The van der Waals surface area contributed by atoms with Gasteiger partial charge in [0.2, 0.25) is 11.8 Å². The monoisotopic (exact) mass is 314 g/mol. The van der Waals surface area contributed by atoms with E-state index in [2.05, 4.69) is 5.32 Å². The van der Waals surface area contributed by atoms with Crippen LogP contribution in [0.4, 0.5) is 4.79 Å². The van der Waals surface area contributed by atoms with Crippen molar-refractivity contribution in [3.8, 4) is 0 Å². The van der Waals surface area contributed by atoms with E-state index in [4.69, 9.17) is 0 Å². The Morgan fingerprint density at radius 3 is 2.29 bits per heavy atom. The molecule has 4 amide bonds. The average molecular weight is 314 g/mol. The van der Waals surface area contributed by atoms with E-state index in [0.29, 0.717) is 12.8 Å². The fourth-order valence-electron chi connectivity index (χ4n) is 3.03. The molecule has 1 heterocycles. The summed E-state index contributed by atoms with van der Waals surface area (Å²) >= 11 is 0. The van der Waals surface area contributed by atoms with Crippen LogP contribution < -0.4 is 5.32 Å². The van der Waals surface area contributed by atoms with Gasteiger partial charge in [0.25, 0.3) is 0 Å². The Morgan fingerprint density at radius 2 is 1.76 bits per heavy atom. The number of nitrogens with one attached hydrogen (secondary N) is 1. The predicted octanol–water partition coefficient (Wildman–Crippen LogP) is 1.17. The third kappa shape index (κ3) is 3.02. The van der Waals surface area contributed by atoms with Crippen LogP contribution in [0.25, 0.3) is 0 Å². The first-order valence-corrected chi connectivity index (χ1v) is 9.00. The molecule has 1 aliphatic heterocycles. The molecule has 2 atom stereocenters. The smallest absolute Gasteiger partial charge is 0.277 e. The van der Waals surface area contributed by atoms with Crippen LogP contribution in [0.3, 0.4) is 0 Å². The van der Waals surface area contributed by atoms with Crippen molar-refractivity contribution in [2.24, 2.45) is 5.41 Å². The number of amides is 4. The Hall–Kier alpha value is -1.24. The molecule has 1 aliphatic carbocycles. The number of carbonyl (C=O) groups excluding carboxylic acids is 3. The highest BCUT2D eigenvalue weighted by molar-refractivity contribution is 7.84. The van der Waals surface area contributed by atoms with Crippen molar-refractivity contribution in [2.45, 2.75) is 50.7 Å². The molecule has 0 radical (unpaired) electrons. The SMILES string of the molecule is CC(CN1C(=O)NC(=O)C2(CCCCCC2)C1=O)S(C)=O. The van der Waals surface area contributed by atoms with E-state index in [1.54, 1.807) is 13.2 Å². The molecule has 2 aliphatic rings. The number of imide groups is 2. The van der Waals surface area contributed by atoms with Gasteiger partial charge in [-0.05, 0) is 19.8 Å². The number of nitrogens with zero attached hydrogens (tertiary/aromatic N) is 1. The Bertz CT molecular complexity index is 483. The molecule has 2 unspecified atom stereocenters. The number of barbiturate groups is 1. The molecule has 21 heavy (non-hydrogen) atoms. The first-order chi connectivity index (χ1) is 9.88. The van der Waals surface area contributed by atoms with Gasteiger partial charge in [-0.2, -0.15) is 0 Å². The third-order valence-corrected chi connectivity index (χ3v) is 5.80. The van der Waals surface area contributed by atoms with Crippen LogP contribution in [0.1, 0.15) is 45.4 Å². The lowest BCUT2D eigenvalue weighted by atomic mass is 9.77. The van der Waals surface area contributed by atoms with Gasteiger partial charge in [0.1, 0.15) is 5.41 Å². The molecule has 0 bridgehead atoms. The first-order valence-electron chi connectivity index (χ1n) is 7.38. The lowest BCUT2D eigenvalue weighted by Crippen LogP contribution is -2.64. The molecule has 6 nitrogen and oxygen atoms in total. The molecule has 1 saturated carbocycles. The summed E-state index contributed by atoms with van der Waals surface area (Å²) in [7, 11) is -1.13. The van der Waals surface area contributed by atoms with Crippen molar-refractivity contribution in [3.63, 3.8) is 0 Å². The van der Waals surface area contributed by atoms with Crippen LogP contribution in [-0.2, 0) is 20.4 Å². The van der Waals surface area contributed by atoms with Crippen LogP contribution in [0, 0.1) is 5.41 Å². The zero-order chi connectivity index (χ0) is 15.6. The number of hydrogen-bond acceptors (Lipinski definition) is 4. The lowest BCUT2D eigenvalue weighted by molar-refractivity contribution is -0.152. The average Bonchev–Trinajstić information content (AvgIpc) is 2.68. The fraction of sp³-hybridized carbons (Fsp3) is 0.786. The second-order valence-electron chi connectivity index (χ2n) is 5.98. The van der Waals surface area contributed by atoms with Crippen molar-refractivity contribution in [3.05, 3.63) is 0 Å². The van der Waals surface area contributed by atoms with Crippen molar-refractivity contribution in [2.75, 3.05) is 12.8 Å². The highest BCUT2D eigenvalue weighted by Gasteiger charge is 2.53. The summed E-state index contributed by atoms with van der Waals surface area (Å²) in [4.78, 5) is 38.1. The van der Waals surface area contributed by atoms with Gasteiger partial charge >= 0.3 is 6.03 Å². The zero-order valence-electron chi connectivity index (χ0n) is 12.5. The Labute approximate surface area is 127 Å². The van der Waals surface area contributed by atoms with E-state index in [1.165, 1.54) is 0 Å². The molecule has 0 aromatic carbocycles. The number of hydrogen-bond donors (Lipinski definition) is 1. The molecule has 1 saturated heterocycles. The molecule has 2 fully saturated rings. The van der Waals surface area contributed by atoms with Gasteiger partial charge in [-0.3, -0.25) is 24.0 Å². The van der Waals surface area contributed by atoms with Gasteiger partial charge in [0, 0.05) is 28.9 Å². The molecule has 7 heteroatoms. The maximum atomic E-state index is 12.8. The maximum absolute atomic E-state index is 12.8. The lowest BCUT2D eigenvalue weighted by Gasteiger charge is -2.39. The third-order valence-electron chi connectivity index (χ3n) is 4.52.